The number of hydrogen-bond donors (Lipinski definition) is 0. The van der Waals surface area contributed by atoms with Crippen LogP contribution in [0.4, 0.5) is 0 Å². The van der Waals surface area contributed by atoms with Gasteiger partial charge in [-0.1, -0.05) is 20.8 Å². The van der Waals surface area contributed by atoms with Crippen molar-refractivity contribution >= 4 is 49.7 Å². The maximum atomic E-state index is 10.3. The van der Waals surface area contributed by atoms with Crippen molar-refractivity contribution in [3.63, 3.8) is 0 Å². The number of carbonyl (C=O) groups is 2. The van der Waals surface area contributed by atoms with Gasteiger partial charge >= 0.3 is 37.7 Å². The number of hydrogen-bond acceptors (Lipinski definition) is 4. The standard InChI is InChI=1S/C9H16O4.Ca/c1-9(2,3)5-4-6(7(10)11)8(12)13;/h6H,4-5H2,1-3H3,(H,10,11)(H,12,13);/q;+2/p-2. The average molecular weight is 226 g/mol. The van der Waals surface area contributed by atoms with Gasteiger partial charge < -0.3 is 19.8 Å². The van der Waals surface area contributed by atoms with Crippen LogP contribution in [0.15, 0.2) is 0 Å². The predicted molar refractivity (Wildman–Crippen MR) is 47.9 cm³/mol. The van der Waals surface area contributed by atoms with Crippen molar-refractivity contribution in [2.45, 2.75) is 33.6 Å². The molecule has 76 valence electrons. The van der Waals surface area contributed by atoms with E-state index in [2.05, 4.69) is 0 Å². The molecular formula is C9H14CaO4. The van der Waals surface area contributed by atoms with Crippen molar-refractivity contribution in [1.82, 2.24) is 0 Å². The SMILES string of the molecule is CC(C)(C)CCC(C(=O)[O-])C(=O)[O-].[Ca+2]. The third-order valence-corrected chi connectivity index (χ3v) is 1.75. The summed E-state index contributed by atoms with van der Waals surface area (Å²) in [6.45, 7) is 5.73. The van der Waals surface area contributed by atoms with E-state index in [1.807, 2.05) is 20.8 Å². The van der Waals surface area contributed by atoms with Crippen LogP contribution in [0.1, 0.15) is 33.6 Å². The van der Waals surface area contributed by atoms with Crippen LogP contribution in [0.3, 0.4) is 0 Å². The Balaban J connectivity index is 0. The molecule has 0 aromatic carbocycles. The molecule has 5 heteroatoms. The molecule has 0 aromatic rings. The van der Waals surface area contributed by atoms with E-state index in [4.69, 9.17) is 0 Å². The number of rotatable bonds is 4. The van der Waals surface area contributed by atoms with Crippen LogP contribution < -0.4 is 10.2 Å². The van der Waals surface area contributed by atoms with Crippen LogP contribution in [0, 0.1) is 11.3 Å². The third kappa shape index (κ3) is 7.59. The predicted octanol–water partition coefficient (Wildman–Crippen LogP) is -1.45. The Morgan fingerprint density at radius 2 is 1.50 bits per heavy atom. The van der Waals surface area contributed by atoms with Gasteiger partial charge in [-0.05, 0) is 18.3 Å². The molecule has 0 radical (unpaired) electrons. The number of carboxylic acids is 2. The molecule has 0 bridgehead atoms. The molecule has 0 unspecified atom stereocenters. The molecule has 0 fully saturated rings. The largest absolute Gasteiger partial charge is 2.00 e. The van der Waals surface area contributed by atoms with E-state index >= 15 is 0 Å². The molecular weight excluding hydrogens is 212 g/mol. The van der Waals surface area contributed by atoms with E-state index in [1.165, 1.54) is 0 Å². The summed E-state index contributed by atoms with van der Waals surface area (Å²) in [5.41, 5.74) is -0.0802. The molecule has 0 aromatic heterocycles. The second kappa shape index (κ2) is 6.64. The van der Waals surface area contributed by atoms with Crippen molar-refractivity contribution in [1.29, 1.82) is 0 Å². The molecule has 0 aliphatic heterocycles. The zero-order valence-corrected chi connectivity index (χ0v) is 11.0. The smallest absolute Gasteiger partial charge is 0.549 e. The first-order valence-electron chi connectivity index (χ1n) is 4.16. The Labute approximate surface area is 114 Å². The van der Waals surface area contributed by atoms with Gasteiger partial charge in [0.15, 0.2) is 0 Å². The second-order valence-electron chi connectivity index (χ2n) is 4.29. The van der Waals surface area contributed by atoms with E-state index in [0.29, 0.717) is 6.42 Å². The Bertz CT molecular complexity index is 193. The summed E-state index contributed by atoms with van der Waals surface area (Å²) in [6.07, 6.45) is 0.577. The molecule has 0 spiro atoms. The van der Waals surface area contributed by atoms with E-state index in [1.54, 1.807) is 0 Å². The van der Waals surface area contributed by atoms with Crippen LogP contribution in [-0.2, 0) is 9.59 Å². The van der Waals surface area contributed by atoms with Crippen molar-refractivity contribution in [2.75, 3.05) is 0 Å². The number of carbonyl (C=O) groups excluding carboxylic acids is 2. The topological polar surface area (TPSA) is 80.3 Å². The number of carboxylic acid groups (broad SMARTS) is 2. The molecule has 0 saturated carbocycles. The Hall–Kier alpha value is 0.200. The summed E-state index contributed by atoms with van der Waals surface area (Å²) in [4.78, 5) is 20.7. The van der Waals surface area contributed by atoms with Gasteiger partial charge in [0.05, 0.1) is 11.9 Å². The Kier molecular flexibility index (Phi) is 7.89. The molecule has 0 saturated heterocycles. The van der Waals surface area contributed by atoms with Crippen LogP contribution in [0.5, 0.6) is 0 Å². The van der Waals surface area contributed by atoms with Gasteiger partial charge in [-0.3, -0.25) is 0 Å². The molecule has 0 heterocycles. The second-order valence-corrected chi connectivity index (χ2v) is 4.29. The van der Waals surface area contributed by atoms with Crippen molar-refractivity contribution in [3.8, 4) is 0 Å². The zero-order chi connectivity index (χ0) is 10.6. The fourth-order valence-electron chi connectivity index (χ4n) is 0.909. The van der Waals surface area contributed by atoms with E-state index in [0.717, 1.165) is 0 Å². The molecule has 0 atom stereocenters. The third-order valence-electron chi connectivity index (χ3n) is 1.75. The van der Waals surface area contributed by atoms with Crippen molar-refractivity contribution < 1.29 is 19.8 Å². The molecule has 0 aliphatic rings. The van der Waals surface area contributed by atoms with Crippen LogP contribution in [-0.4, -0.2) is 49.7 Å². The van der Waals surface area contributed by atoms with Gasteiger partial charge in [-0.15, -0.1) is 0 Å². The monoisotopic (exact) mass is 226 g/mol. The minimum absolute atomic E-state index is 0. The summed E-state index contributed by atoms with van der Waals surface area (Å²) in [5.74, 6) is -4.62. The molecule has 0 rings (SSSR count). The maximum Gasteiger partial charge on any atom is 2.00 e. The average Bonchev–Trinajstić information content (AvgIpc) is 1.82. The Morgan fingerprint density at radius 1 is 1.14 bits per heavy atom. The first kappa shape index (κ1) is 16.6. The minimum Gasteiger partial charge on any atom is -0.549 e. The molecule has 0 N–H and O–H groups in total. The Morgan fingerprint density at radius 3 is 1.71 bits per heavy atom. The molecule has 14 heavy (non-hydrogen) atoms. The van der Waals surface area contributed by atoms with Crippen molar-refractivity contribution in [3.05, 3.63) is 0 Å². The maximum absolute atomic E-state index is 10.3. The quantitative estimate of drug-likeness (QED) is 0.434. The van der Waals surface area contributed by atoms with Crippen LogP contribution >= 0.6 is 0 Å². The summed E-state index contributed by atoms with van der Waals surface area (Å²) in [5, 5.41) is 20.7. The van der Waals surface area contributed by atoms with Gasteiger partial charge in [-0.25, -0.2) is 0 Å². The van der Waals surface area contributed by atoms with Gasteiger partial charge in [-0.2, -0.15) is 0 Å². The van der Waals surface area contributed by atoms with E-state index < -0.39 is 17.9 Å². The summed E-state index contributed by atoms with van der Waals surface area (Å²) < 4.78 is 0. The summed E-state index contributed by atoms with van der Waals surface area (Å²) >= 11 is 0. The fourth-order valence-corrected chi connectivity index (χ4v) is 0.909. The summed E-state index contributed by atoms with van der Waals surface area (Å²) in [7, 11) is 0. The van der Waals surface area contributed by atoms with Gasteiger partial charge in [0.2, 0.25) is 0 Å². The summed E-state index contributed by atoms with van der Waals surface area (Å²) in [6, 6.07) is 0. The van der Waals surface area contributed by atoms with E-state index in [-0.39, 0.29) is 49.6 Å². The van der Waals surface area contributed by atoms with Crippen molar-refractivity contribution in [2.24, 2.45) is 11.3 Å². The first-order chi connectivity index (χ1) is 5.74. The minimum atomic E-state index is -1.57. The normalized spacial score (nSPS) is 10.9. The first-order valence-corrected chi connectivity index (χ1v) is 4.16. The van der Waals surface area contributed by atoms with Crippen LogP contribution in [0.2, 0.25) is 0 Å². The fraction of sp³-hybridized carbons (Fsp3) is 0.778. The van der Waals surface area contributed by atoms with Gasteiger partial charge in [0, 0.05) is 5.92 Å². The zero-order valence-electron chi connectivity index (χ0n) is 8.83. The molecule has 4 nitrogen and oxygen atoms in total. The molecule has 0 aliphatic carbocycles. The van der Waals surface area contributed by atoms with Gasteiger partial charge in [0.1, 0.15) is 0 Å². The van der Waals surface area contributed by atoms with Gasteiger partial charge in [0.25, 0.3) is 0 Å². The van der Waals surface area contributed by atoms with E-state index in [9.17, 15) is 19.8 Å². The molecule has 0 amide bonds. The number of aliphatic carboxylic acids is 2. The van der Waals surface area contributed by atoms with Crippen LogP contribution in [0.25, 0.3) is 0 Å².